The van der Waals surface area contributed by atoms with Gasteiger partial charge < -0.3 is 55.1 Å². The fourth-order valence-corrected chi connectivity index (χ4v) is 20.9. The van der Waals surface area contributed by atoms with Crippen LogP contribution >= 0.6 is 0 Å². The van der Waals surface area contributed by atoms with Crippen molar-refractivity contribution in [2.45, 2.75) is 308 Å². The van der Waals surface area contributed by atoms with Crippen molar-refractivity contribution in [3.8, 4) is 0 Å². The van der Waals surface area contributed by atoms with Crippen LogP contribution in [0.25, 0.3) is 0 Å². The van der Waals surface area contributed by atoms with E-state index in [2.05, 4.69) is 34.6 Å². The van der Waals surface area contributed by atoms with Crippen molar-refractivity contribution in [3.05, 3.63) is 0 Å². The predicted octanol–water partition coefficient (Wildman–Crippen LogP) is 15.5. The molecule has 5 saturated carbocycles. The Hall–Kier alpha value is -0.440. The minimum absolute atomic E-state index is 0.0203. The van der Waals surface area contributed by atoms with E-state index < -0.39 is 0 Å². The van der Waals surface area contributed by atoms with Gasteiger partial charge in [-0.2, -0.15) is 0 Å². The first-order valence-electron chi connectivity index (χ1n) is 36.4. The molecule has 11 nitrogen and oxygen atoms in total. The number of hydrogen-bond acceptors (Lipinski definition) is 11. The second-order valence-corrected chi connectivity index (χ2v) is 29.3. The second kappa shape index (κ2) is 34.5. The van der Waals surface area contributed by atoms with Crippen LogP contribution in [-0.4, -0.2) is 95.6 Å². The van der Waals surface area contributed by atoms with Gasteiger partial charge in [0.1, 0.15) is 27.2 Å². The van der Waals surface area contributed by atoms with Gasteiger partial charge in [-0.25, -0.2) is 0 Å². The molecular formula is C71H129N3O8. The third-order valence-electron chi connectivity index (χ3n) is 24.7. The Kier molecular flexibility index (Phi) is 27.8. The minimum Gasteiger partial charge on any atom is -0.352 e. The zero-order valence-electron chi connectivity index (χ0n) is 53.6. The van der Waals surface area contributed by atoms with E-state index in [4.69, 9.17) is 55.1 Å². The van der Waals surface area contributed by atoms with Crippen molar-refractivity contribution in [1.29, 1.82) is 0 Å². The van der Waals surface area contributed by atoms with Crippen LogP contribution in [0.2, 0.25) is 0 Å². The number of ether oxygens (including phenoxy) is 8. The van der Waals surface area contributed by atoms with Crippen molar-refractivity contribution in [2.24, 2.45) is 112 Å². The topological polar surface area (TPSA) is 152 Å². The summed E-state index contributed by atoms with van der Waals surface area (Å²) in [7, 11) is 0. The van der Waals surface area contributed by atoms with E-state index in [0.717, 1.165) is 25.7 Å². The molecule has 4 heterocycles. The maximum atomic E-state index is 7.34. The Morgan fingerprint density at radius 3 is 0.646 bits per heavy atom. The number of unbranched alkanes of at least 4 members (excludes halogenated alkanes) is 23. The van der Waals surface area contributed by atoms with E-state index in [1.165, 1.54) is 199 Å². The Labute approximate surface area is 502 Å². The molecule has 9 fully saturated rings. The van der Waals surface area contributed by atoms with Crippen LogP contribution in [0.15, 0.2) is 0 Å². The molecule has 0 aromatic carbocycles. The fourth-order valence-electron chi connectivity index (χ4n) is 20.9. The van der Waals surface area contributed by atoms with Gasteiger partial charge in [0.15, 0.2) is 0 Å². The van der Waals surface area contributed by atoms with E-state index in [1.54, 1.807) is 0 Å². The van der Waals surface area contributed by atoms with Crippen molar-refractivity contribution >= 4 is 0 Å². The first-order valence-corrected chi connectivity index (χ1v) is 36.4. The Bertz CT molecular complexity index is 1750. The van der Waals surface area contributed by atoms with Crippen molar-refractivity contribution in [2.75, 3.05) is 46.8 Å². The summed E-state index contributed by atoms with van der Waals surface area (Å²) in [5, 5.41) is 0. The largest absolute Gasteiger partial charge is 0.352 e. The van der Waals surface area contributed by atoms with Crippen molar-refractivity contribution < 1.29 is 37.9 Å². The average molecular weight is 1150 g/mol. The quantitative estimate of drug-likeness (QED) is 0.0528. The zero-order chi connectivity index (χ0) is 57.2. The maximum absolute atomic E-state index is 7.34. The first-order chi connectivity index (χ1) is 40.4. The standard InChI is InChI=1S/C71H129N3O8/c1-6-10-14-18-21-24-27-31-35-51-57-38-55-49(33-29-17-13-9-4)53-37-54-50(34-30-26-23-20-16-12-8-3)56-39-58-52(36-32-28-25-22-19-15-11-7-2)60-40-59(51)70-63(43-74)71(60)82-47-80-69(58)62(42-73)67(56)78-45-76-65(54)48(5)64(53)75-44-77-66(55)61(41-72)68(57)79-46-81-70/h48-71H,6-47,72-74H2,1-5H3. The molecule has 9 rings (SSSR count). The van der Waals surface area contributed by atoms with Gasteiger partial charge in [0.25, 0.3) is 0 Å². The number of nitrogens with two attached hydrogens (primary N) is 3. The second-order valence-electron chi connectivity index (χ2n) is 29.3. The third-order valence-corrected chi connectivity index (χ3v) is 24.7. The van der Waals surface area contributed by atoms with Gasteiger partial charge in [-0.15, -0.1) is 0 Å². The lowest BCUT2D eigenvalue weighted by atomic mass is 9.50. The monoisotopic (exact) mass is 1150 g/mol. The average Bonchev–Trinajstić information content (AvgIpc) is 3.48. The summed E-state index contributed by atoms with van der Waals surface area (Å²) in [6.07, 6.45) is 44.8. The highest BCUT2D eigenvalue weighted by atomic mass is 16.7. The van der Waals surface area contributed by atoms with Crippen LogP contribution in [0.5, 0.6) is 0 Å². The smallest absolute Gasteiger partial charge is 0.147 e. The summed E-state index contributed by atoms with van der Waals surface area (Å²) in [6.45, 7) is 14.6. The molecule has 4 aliphatic heterocycles. The van der Waals surface area contributed by atoms with Gasteiger partial charge in [-0.3, -0.25) is 0 Å². The van der Waals surface area contributed by atoms with Crippen molar-refractivity contribution in [3.63, 3.8) is 0 Å². The van der Waals surface area contributed by atoms with Gasteiger partial charge in [0.05, 0.1) is 48.8 Å². The Morgan fingerprint density at radius 2 is 0.427 bits per heavy atom. The first kappa shape index (κ1) is 66.0. The van der Waals surface area contributed by atoms with E-state index in [0.29, 0.717) is 104 Å². The van der Waals surface area contributed by atoms with E-state index in [1.807, 2.05) is 0 Å². The number of rotatable bonds is 34. The molecule has 8 bridgehead atoms. The minimum atomic E-state index is -0.0380. The Morgan fingerprint density at radius 1 is 0.244 bits per heavy atom. The summed E-state index contributed by atoms with van der Waals surface area (Å²) in [5.41, 5.74) is 21.8. The van der Waals surface area contributed by atoms with Gasteiger partial charge >= 0.3 is 0 Å². The molecule has 476 valence electrons. The highest BCUT2D eigenvalue weighted by Gasteiger charge is 2.63. The van der Waals surface area contributed by atoms with Crippen LogP contribution in [0, 0.1) is 94.7 Å². The molecule has 0 radical (unpaired) electrons. The van der Waals surface area contributed by atoms with E-state index >= 15 is 0 Å². The zero-order valence-corrected chi connectivity index (χ0v) is 53.6. The predicted molar refractivity (Wildman–Crippen MR) is 331 cm³/mol. The summed E-state index contributed by atoms with van der Waals surface area (Å²) in [5.74, 6) is 5.15. The normalized spacial score (nSPS) is 41.6. The lowest BCUT2D eigenvalue weighted by Gasteiger charge is -2.62. The molecule has 4 saturated heterocycles. The van der Waals surface area contributed by atoms with Crippen molar-refractivity contribution in [1.82, 2.24) is 0 Å². The lowest BCUT2D eigenvalue weighted by Crippen LogP contribution is -2.65. The molecule has 0 aromatic rings. The van der Waals surface area contributed by atoms with E-state index in [-0.39, 0.29) is 86.1 Å². The van der Waals surface area contributed by atoms with Crippen LogP contribution in [0.3, 0.4) is 0 Å². The third kappa shape index (κ3) is 15.8. The van der Waals surface area contributed by atoms with Gasteiger partial charge in [-0.1, -0.05) is 208 Å². The summed E-state index contributed by atoms with van der Waals surface area (Å²) in [6, 6.07) is 0. The summed E-state index contributed by atoms with van der Waals surface area (Å²) in [4.78, 5) is 0. The molecule has 5 aliphatic carbocycles. The molecule has 24 atom stereocenters. The van der Waals surface area contributed by atoms with Crippen LogP contribution in [0.1, 0.15) is 259 Å². The molecule has 11 heteroatoms. The lowest BCUT2D eigenvalue weighted by molar-refractivity contribution is -0.309. The highest BCUT2D eigenvalue weighted by Crippen LogP contribution is 2.61. The molecule has 6 N–H and O–H groups in total. The van der Waals surface area contributed by atoms with Gasteiger partial charge in [-0.05, 0) is 122 Å². The highest BCUT2D eigenvalue weighted by molar-refractivity contribution is 5.11. The summed E-state index contributed by atoms with van der Waals surface area (Å²) < 4.78 is 58.6. The Balaban J connectivity index is 1.19. The summed E-state index contributed by atoms with van der Waals surface area (Å²) >= 11 is 0. The van der Waals surface area contributed by atoms with Crippen LogP contribution in [-0.2, 0) is 37.9 Å². The number of hydrogen-bond donors (Lipinski definition) is 3. The molecule has 0 spiro atoms. The molecular weight excluding hydrogens is 1020 g/mol. The SMILES string of the molecule is CCCCCCCCCCC1C2CC3C(CCCCCC)C4CC5C(CCCCCCCCC)C6CC7C(CCCCCCCCCC)C8CC1C1OCOC2C(CN)C3OCOC4C(C)C5OCOC6C(CN)C7OCOC8C1CN. The van der Waals surface area contributed by atoms with E-state index in [9.17, 15) is 0 Å². The fraction of sp³-hybridized carbons (Fsp3) is 1.00. The molecule has 9 aliphatic rings. The van der Waals surface area contributed by atoms with Gasteiger partial charge in [0, 0.05) is 43.3 Å². The van der Waals surface area contributed by atoms with Crippen LogP contribution in [0.4, 0.5) is 0 Å². The molecule has 0 aromatic heterocycles. The molecule has 24 unspecified atom stereocenters. The van der Waals surface area contributed by atoms with Gasteiger partial charge in [0.2, 0.25) is 0 Å². The molecule has 0 amide bonds. The molecule has 82 heavy (non-hydrogen) atoms. The van der Waals surface area contributed by atoms with Crippen LogP contribution < -0.4 is 17.2 Å². The maximum Gasteiger partial charge on any atom is 0.147 e.